The highest BCUT2D eigenvalue weighted by Gasteiger charge is 2.41. The monoisotopic (exact) mass is 348 g/mol. The van der Waals surface area contributed by atoms with Crippen LogP contribution >= 0.6 is 23.2 Å². The van der Waals surface area contributed by atoms with Crippen molar-refractivity contribution in [3.63, 3.8) is 0 Å². The Labute approximate surface area is 144 Å². The van der Waals surface area contributed by atoms with E-state index in [1.807, 2.05) is 12.1 Å². The maximum Gasteiger partial charge on any atom is 0.225 e. The molecule has 1 heterocycles. The van der Waals surface area contributed by atoms with E-state index in [2.05, 4.69) is 0 Å². The van der Waals surface area contributed by atoms with Gasteiger partial charge < -0.3 is 0 Å². The van der Waals surface area contributed by atoms with Crippen LogP contribution in [0.4, 0.5) is 11.4 Å². The Morgan fingerprint density at radius 1 is 0.826 bits per heavy atom. The van der Waals surface area contributed by atoms with E-state index >= 15 is 0 Å². The van der Waals surface area contributed by atoms with Gasteiger partial charge in [-0.3, -0.25) is 19.4 Å². The molecular weight excluding hydrogens is 335 g/mol. The van der Waals surface area contributed by atoms with Gasteiger partial charge in [-0.25, -0.2) is 0 Å². The number of carbonyl (C=O) groups is 2. The highest BCUT2D eigenvalue weighted by atomic mass is 35.5. The van der Waals surface area contributed by atoms with Gasteiger partial charge in [-0.15, -0.1) is 0 Å². The van der Waals surface area contributed by atoms with Crippen LogP contribution in [-0.2, 0) is 9.59 Å². The molecule has 2 aromatic rings. The fourth-order valence-electron chi connectivity index (χ4n) is 2.89. The van der Waals surface area contributed by atoms with Gasteiger partial charge in [0.2, 0.25) is 11.8 Å². The molecule has 0 aliphatic carbocycles. The third-order valence-corrected chi connectivity index (χ3v) is 4.28. The topological polar surface area (TPSA) is 40.6 Å². The van der Waals surface area contributed by atoms with E-state index in [9.17, 15) is 9.59 Å². The Balaban J connectivity index is 2.21. The predicted molar refractivity (Wildman–Crippen MR) is 92.0 cm³/mol. The normalized spacial score (nSPS) is 16.4. The number of nitrogens with zero attached hydrogens (tertiary/aromatic N) is 2. The van der Waals surface area contributed by atoms with E-state index in [0.717, 1.165) is 5.56 Å². The van der Waals surface area contributed by atoms with Crippen LogP contribution in [0.25, 0.3) is 0 Å². The molecule has 0 bridgehead atoms. The SMILES string of the molecule is CC(=O)N1c2ccc(Cl)cc2N(C(C)=O)C1c1ccc(Cl)cc1. The third-order valence-electron chi connectivity index (χ3n) is 3.79. The smallest absolute Gasteiger partial charge is 0.225 e. The lowest BCUT2D eigenvalue weighted by atomic mass is 10.1. The third kappa shape index (κ3) is 2.69. The van der Waals surface area contributed by atoms with Gasteiger partial charge in [-0.2, -0.15) is 0 Å². The Hall–Kier alpha value is -2.04. The van der Waals surface area contributed by atoms with Gasteiger partial charge in [-0.05, 0) is 35.9 Å². The quantitative estimate of drug-likeness (QED) is 0.765. The first kappa shape index (κ1) is 15.8. The van der Waals surface area contributed by atoms with Gasteiger partial charge in [0.05, 0.1) is 11.4 Å². The van der Waals surface area contributed by atoms with Gasteiger partial charge in [0, 0.05) is 23.9 Å². The fourth-order valence-corrected chi connectivity index (χ4v) is 3.18. The van der Waals surface area contributed by atoms with Crippen molar-refractivity contribution in [1.82, 2.24) is 0 Å². The minimum atomic E-state index is -0.546. The van der Waals surface area contributed by atoms with Crippen molar-refractivity contribution in [3.05, 3.63) is 58.1 Å². The van der Waals surface area contributed by atoms with Crippen LogP contribution in [0, 0.1) is 0 Å². The molecule has 0 N–H and O–H groups in total. The second-order valence-electron chi connectivity index (χ2n) is 5.34. The maximum atomic E-state index is 12.3. The van der Waals surface area contributed by atoms with Crippen LogP contribution in [0.1, 0.15) is 25.6 Å². The van der Waals surface area contributed by atoms with E-state index in [1.165, 1.54) is 13.8 Å². The summed E-state index contributed by atoms with van der Waals surface area (Å²) in [7, 11) is 0. The lowest BCUT2D eigenvalue weighted by Crippen LogP contribution is -2.40. The summed E-state index contributed by atoms with van der Waals surface area (Å²) in [5.74, 6) is -0.325. The number of hydrogen-bond acceptors (Lipinski definition) is 2. The molecule has 0 saturated carbocycles. The Bertz CT molecular complexity index is 790. The number of carbonyl (C=O) groups excluding carboxylic acids is 2. The highest BCUT2D eigenvalue weighted by molar-refractivity contribution is 6.31. The lowest BCUT2D eigenvalue weighted by Gasteiger charge is -2.29. The number of anilines is 2. The second-order valence-corrected chi connectivity index (χ2v) is 6.21. The molecule has 0 spiro atoms. The summed E-state index contributed by atoms with van der Waals surface area (Å²) >= 11 is 12.0. The first-order chi connectivity index (χ1) is 10.9. The first-order valence-electron chi connectivity index (χ1n) is 7.05. The molecule has 1 atom stereocenters. The predicted octanol–water partition coefficient (Wildman–Crippen LogP) is 4.41. The molecule has 4 nitrogen and oxygen atoms in total. The second kappa shape index (κ2) is 5.87. The highest BCUT2D eigenvalue weighted by Crippen LogP contribution is 2.47. The Morgan fingerprint density at radius 2 is 1.35 bits per heavy atom. The Morgan fingerprint density at radius 3 is 1.91 bits per heavy atom. The number of rotatable bonds is 1. The zero-order valence-electron chi connectivity index (χ0n) is 12.6. The maximum absolute atomic E-state index is 12.3. The van der Waals surface area contributed by atoms with Gasteiger partial charge in [0.25, 0.3) is 0 Å². The van der Waals surface area contributed by atoms with Crippen molar-refractivity contribution in [2.45, 2.75) is 20.0 Å². The average Bonchev–Trinajstić information content (AvgIpc) is 2.82. The molecule has 1 unspecified atom stereocenters. The molecule has 23 heavy (non-hydrogen) atoms. The van der Waals surface area contributed by atoms with Crippen molar-refractivity contribution < 1.29 is 9.59 Å². The van der Waals surface area contributed by atoms with Gasteiger partial charge in [0.1, 0.15) is 6.17 Å². The van der Waals surface area contributed by atoms with Gasteiger partial charge in [-0.1, -0.05) is 35.3 Å². The summed E-state index contributed by atoms with van der Waals surface area (Å²) in [6.45, 7) is 2.95. The summed E-state index contributed by atoms with van der Waals surface area (Å²) in [4.78, 5) is 27.7. The van der Waals surface area contributed by atoms with E-state index in [4.69, 9.17) is 23.2 Å². The fraction of sp³-hybridized carbons (Fsp3) is 0.176. The number of halogens is 2. The van der Waals surface area contributed by atoms with Crippen LogP contribution in [0.5, 0.6) is 0 Å². The van der Waals surface area contributed by atoms with Gasteiger partial charge in [0.15, 0.2) is 0 Å². The summed E-state index contributed by atoms with van der Waals surface area (Å²) < 4.78 is 0. The van der Waals surface area contributed by atoms with E-state index in [-0.39, 0.29) is 11.8 Å². The van der Waals surface area contributed by atoms with E-state index in [0.29, 0.717) is 21.4 Å². The molecule has 2 amide bonds. The van der Waals surface area contributed by atoms with Crippen LogP contribution in [0.3, 0.4) is 0 Å². The first-order valence-corrected chi connectivity index (χ1v) is 7.80. The molecule has 0 radical (unpaired) electrons. The zero-order chi connectivity index (χ0) is 16.7. The number of hydrogen-bond donors (Lipinski definition) is 0. The van der Waals surface area contributed by atoms with E-state index in [1.54, 1.807) is 40.1 Å². The molecule has 0 saturated heterocycles. The molecular formula is C17H14Cl2N2O2. The minimum Gasteiger partial charge on any atom is -0.285 e. The minimum absolute atomic E-state index is 0.155. The molecule has 2 aromatic carbocycles. The van der Waals surface area contributed by atoms with Crippen molar-refractivity contribution >= 4 is 46.4 Å². The molecule has 3 rings (SSSR count). The molecule has 0 fully saturated rings. The van der Waals surface area contributed by atoms with Crippen molar-refractivity contribution in [3.8, 4) is 0 Å². The zero-order valence-corrected chi connectivity index (χ0v) is 14.1. The van der Waals surface area contributed by atoms with Crippen molar-refractivity contribution in [2.75, 3.05) is 9.80 Å². The molecule has 1 aliphatic heterocycles. The van der Waals surface area contributed by atoms with Crippen molar-refractivity contribution in [1.29, 1.82) is 0 Å². The summed E-state index contributed by atoms with van der Waals surface area (Å²) in [5, 5.41) is 1.10. The van der Waals surface area contributed by atoms with E-state index < -0.39 is 6.17 Å². The summed E-state index contributed by atoms with van der Waals surface area (Å²) in [5.41, 5.74) is 2.09. The number of amides is 2. The molecule has 118 valence electrons. The number of fused-ring (bicyclic) bond motifs is 1. The summed E-state index contributed by atoms with van der Waals surface area (Å²) in [6.07, 6.45) is -0.546. The lowest BCUT2D eigenvalue weighted by molar-refractivity contribution is -0.118. The van der Waals surface area contributed by atoms with Crippen LogP contribution in [0.2, 0.25) is 10.0 Å². The van der Waals surface area contributed by atoms with Crippen LogP contribution < -0.4 is 9.80 Å². The number of benzene rings is 2. The molecule has 6 heteroatoms. The largest absolute Gasteiger partial charge is 0.285 e. The Kier molecular flexibility index (Phi) is 4.04. The molecule has 1 aliphatic rings. The van der Waals surface area contributed by atoms with Crippen molar-refractivity contribution in [2.24, 2.45) is 0 Å². The van der Waals surface area contributed by atoms with Crippen LogP contribution in [-0.4, -0.2) is 11.8 Å². The average molecular weight is 349 g/mol. The van der Waals surface area contributed by atoms with Crippen LogP contribution in [0.15, 0.2) is 42.5 Å². The van der Waals surface area contributed by atoms with Gasteiger partial charge >= 0.3 is 0 Å². The molecule has 0 aromatic heterocycles. The summed E-state index contributed by atoms with van der Waals surface area (Å²) in [6, 6.07) is 12.3. The standard InChI is InChI=1S/C17H14Cl2N2O2/c1-10(22)20-15-8-7-14(19)9-16(15)21(11(2)23)17(20)12-3-5-13(18)6-4-12/h3-9,17H,1-2H3.